The Labute approximate surface area is 149 Å². The molecule has 4 nitrogen and oxygen atoms in total. The number of imidazole rings is 1. The summed E-state index contributed by atoms with van der Waals surface area (Å²) in [5.41, 5.74) is 8.23. The number of piperidine rings is 1. The van der Waals surface area contributed by atoms with Crippen molar-refractivity contribution >= 4 is 11.8 Å². The van der Waals surface area contributed by atoms with E-state index in [0.29, 0.717) is 0 Å². The van der Waals surface area contributed by atoms with Crippen LogP contribution in [0.15, 0.2) is 43.0 Å². The van der Waals surface area contributed by atoms with Crippen LogP contribution in [0, 0.1) is 5.92 Å². The van der Waals surface area contributed by atoms with Crippen molar-refractivity contribution in [1.82, 2.24) is 14.5 Å². The Morgan fingerprint density at radius 2 is 1.96 bits per heavy atom. The van der Waals surface area contributed by atoms with Crippen molar-refractivity contribution in [3.05, 3.63) is 48.5 Å². The van der Waals surface area contributed by atoms with Crippen LogP contribution in [0.25, 0.3) is 5.69 Å². The Morgan fingerprint density at radius 1 is 1.17 bits per heavy atom. The fourth-order valence-electron chi connectivity index (χ4n) is 3.29. The number of nitrogens with two attached hydrogens (primary N) is 1. The van der Waals surface area contributed by atoms with E-state index in [0.717, 1.165) is 18.2 Å². The van der Waals surface area contributed by atoms with Gasteiger partial charge in [-0.05, 0) is 62.5 Å². The summed E-state index contributed by atoms with van der Waals surface area (Å²) in [4.78, 5) is 6.70. The Kier molecular flexibility index (Phi) is 6.75. The van der Waals surface area contributed by atoms with Crippen LogP contribution in [0.3, 0.4) is 0 Å². The van der Waals surface area contributed by atoms with Crippen molar-refractivity contribution < 1.29 is 0 Å². The van der Waals surface area contributed by atoms with Crippen LogP contribution in [0.4, 0.5) is 0 Å². The van der Waals surface area contributed by atoms with Crippen molar-refractivity contribution in [2.24, 2.45) is 11.7 Å². The first kappa shape index (κ1) is 17.5. The summed E-state index contributed by atoms with van der Waals surface area (Å²) in [6.45, 7) is 4.57. The van der Waals surface area contributed by atoms with Crippen molar-refractivity contribution in [3.63, 3.8) is 0 Å². The average molecular weight is 345 g/mol. The lowest BCUT2D eigenvalue weighted by molar-refractivity contribution is 0.189. The summed E-state index contributed by atoms with van der Waals surface area (Å²) in [6, 6.07) is 8.78. The van der Waals surface area contributed by atoms with Crippen molar-refractivity contribution in [3.8, 4) is 5.69 Å². The lowest BCUT2D eigenvalue weighted by Gasteiger charge is -2.31. The molecule has 3 rings (SSSR count). The Bertz CT molecular complexity index is 574. The second-order valence-electron chi connectivity index (χ2n) is 6.55. The van der Waals surface area contributed by atoms with E-state index in [2.05, 4.69) is 34.1 Å². The topological polar surface area (TPSA) is 47.1 Å². The monoisotopic (exact) mass is 344 g/mol. The van der Waals surface area contributed by atoms with E-state index < -0.39 is 0 Å². The summed E-state index contributed by atoms with van der Waals surface area (Å²) in [6.07, 6.45) is 9.48. The van der Waals surface area contributed by atoms with Gasteiger partial charge in [0.25, 0.3) is 0 Å². The maximum absolute atomic E-state index is 5.66. The minimum Gasteiger partial charge on any atom is -0.330 e. The van der Waals surface area contributed by atoms with Crippen LogP contribution < -0.4 is 5.73 Å². The van der Waals surface area contributed by atoms with E-state index in [9.17, 15) is 0 Å². The van der Waals surface area contributed by atoms with Crippen molar-refractivity contribution in [1.29, 1.82) is 0 Å². The van der Waals surface area contributed by atoms with Crippen LogP contribution in [0.1, 0.15) is 24.8 Å². The van der Waals surface area contributed by atoms with Gasteiger partial charge in [-0.25, -0.2) is 4.98 Å². The molecule has 5 heteroatoms. The molecule has 0 amide bonds. The third-order valence-corrected chi connectivity index (χ3v) is 5.85. The molecule has 1 aromatic heterocycles. The number of thioether (sulfide) groups is 1. The fraction of sp³-hybridized carbons (Fsp3) is 0.526. The average Bonchev–Trinajstić information content (AvgIpc) is 3.16. The highest BCUT2D eigenvalue weighted by Crippen LogP contribution is 2.21. The molecule has 1 saturated heterocycles. The second-order valence-corrected chi connectivity index (χ2v) is 7.66. The molecule has 0 unspecified atom stereocenters. The third-order valence-electron chi connectivity index (χ3n) is 4.84. The molecule has 2 heterocycles. The normalized spacial score (nSPS) is 16.5. The van der Waals surface area contributed by atoms with E-state index in [-0.39, 0.29) is 0 Å². The first-order valence-electron chi connectivity index (χ1n) is 8.92. The molecule has 1 aromatic carbocycles. The van der Waals surface area contributed by atoms with Crippen LogP contribution in [-0.4, -0.2) is 46.4 Å². The van der Waals surface area contributed by atoms with Gasteiger partial charge < -0.3 is 15.2 Å². The van der Waals surface area contributed by atoms with Crippen LogP contribution in [-0.2, 0) is 5.75 Å². The molecule has 0 radical (unpaired) electrons. The predicted molar refractivity (Wildman–Crippen MR) is 103 cm³/mol. The maximum Gasteiger partial charge on any atom is 0.0991 e. The molecule has 1 aliphatic heterocycles. The van der Waals surface area contributed by atoms with E-state index in [1.54, 1.807) is 0 Å². The van der Waals surface area contributed by atoms with Gasteiger partial charge in [0.15, 0.2) is 0 Å². The third kappa shape index (κ3) is 5.10. The number of hydrogen-bond acceptors (Lipinski definition) is 4. The number of hydrogen-bond donors (Lipinski definition) is 1. The van der Waals surface area contributed by atoms with E-state index in [4.69, 9.17) is 5.73 Å². The minimum atomic E-state index is 0.847. The van der Waals surface area contributed by atoms with Gasteiger partial charge in [-0.15, -0.1) is 0 Å². The summed E-state index contributed by atoms with van der Waals surface area (Å²) >= 11 is 2.03. The molecule has 2 N–H and O–H groups in total. The molecule has 0 saturated carbocycles. The number of nitrogens with zero attached hydrogens (tertiary/aromatic N) is 3. The predicted octanol–water partition coefficient (Wildman–Crippen LogP) is 3.17. The first-order chi connectivity index (χ1) is 11.8. The van der Waals surface area contributed by atoms with Crippen LogP contribution >= 0.6 is 11.8 Å². The second kappa shape index (κ2) is 9.25. The molecule has 1 aliphatic rings. The highest BCUT2D eigenvalue weighted by Gasteiger charge is 2.17. The van der Waals surface area contributed by atoms with Crippen molar-refractivity contribution in [2.45, 2.75) is 25.0 Å². The Hall–Kier alpha value is -1.30. The number of rotatable bonds is 8. The zero-order chi connectivity index (χ0) is 16.6. The first-order valence-corrected chi connectivity index (χ1v) is 10.1. The van der Waals surface area contributed by atoms with Gasteiger partial charge in [-0.2, -0.15) is 11.8 Å². The fourth-order valence-corrected chi connectivity index (χ4v) is 4.25. The molecule has 0 bridgehead atoms. The van der Waals surface area contributed by atoms with Gasteiger partial charge in [0, 0.05) is 36.1 Å². The molecular weight excluding hydrogens is 316 g/mol. The number of benzene rings is 1. The number of aromatic nitrogens is 2. The smallest absolute Gasteiger partial charge is 0.0991 e. The zero-order valence-corrected chi connectivity index (χ0v) is 15.1. The van der Waals surface area contributed by atoms with E-state index >= 15 is 0 Å². The highest BCUT2D eigenvalue weighted by atomic mass is 32.2. The molecule has 0 spiro atoms. The largest absolute Gasteiger partial charge is 0.330 e. The molecule has 130 valence electrons. The van der Waals surface area contributed by atoms with Gasteiger partial charge in [-0.3, -0.25) is 0 Å². The standard InChI is InChI=1S/C19H28N4S/c20-8-5-17-6-10-22(11-7-17)13-14-24-15-18-1-3-19(4-2-18)23-12-9-21-16-23/h1-4,9,12,16-17H,5-8,10-11,13-15,20H2. The zero-order valence-electron chi connectivity index (χ0n) is 14.3. The van der Waals surface area contributed by atoms with Crippen LogP contribution in [0.2, 0.25) is 0 Å². The molecule has 0 atom stereocenters. The Balaban J connectivity index is 1.34. The van der Waals surface area contributed by atoms with Gasteiger partial charge >= 0.3 is 0 Å². The highest BCUT2D eigenvalue weighted by molar-refractivity contribution is 7.98. The summed E-state index contributed by atoms with van der Waals surface area (Å²) in [5.74, 6) is 3.17. The lowest BCUT2D eigenvalue weighted by atomic mass is 9.94. The van der Waals surface area contributed by atoms with Gasteiger partial charge in [0.05, 0.1) is 6.33 Å². The molecule has 24 heavy (non-hydrogen) atoms. The molecule has 0 aliphatic carbocycles. The lowest BCUT2D eigenvalue weighted by Crippen LogP contribution is -2.35. The quantitative estimate of drug-likeness (QED) is 0.747. The van der Waals surface area contributed by atoms with Gasteiger partial charge in [0.2, 0.25) is 0 Å². The number of likely N-dealkylation sites (tertiary alicyclic amines) is 1. The molecular formula is C19H28N4S. The Morgan fingerprint density at radius 3 is 2.62 bits per heavy atom. The molecule has 2 aromatic rings. The SMILES string of the molecule is NCCC1CCN(CCSCc2ccc(-n3ccnc3)cc2)CC1. The van der Waals surface area contributed by atoms with E-state index in [1.807, 2.05) is 35.0 Å². The van der Waals surface area contributed by atoms with Crippen molar-refractivity contribution in [2.75, 3.05) is 31.9 Å². The summed E-state index contributed by atoms with van der Waals surface area (Å²) < 4.78 is 2.03. The van der Waals surface area contributed by atoms with Gasteiger partial charge in [-0.1, -0.05) is 12.1 Å². The summed E-state index contributed by atoms with van der Waals surface area (Å²) in [5, 5.41) is 0. The minimum absolute atomic E-state index is 0.847. The van der Waals surface area contributed by atoms with Gasteiger partial charge in [0.1, 0.15) is 0 Å². The van der Waals surface area contributed by atoms with Crippen LogP contribution in [0.5, 0.6) is 0 Å². The molecule has 1 fully saturated rings. The maximum atomic E-state index is 5.66. The van der Waals surface area contributed by atoms with E-state index in [1.165, 1.54) is 55.9 Å². The summed E-state index contributed by atoms with van der Waals surface area (Å²) in [7, 11) is 0.